The number of hydrogen-bond donors (Lipinski definition) is 3. The average molecular weight is 557 g/mol. The highest BCUT2D eigenvalue weighted by molar-refractivity contribution is 5.98. The van der Waals surface area contributed by atoms with Gasteiger partial charge in [0, 0.05) is 18.7 Å². The predicted octanol–water partition coefficient (Wildman–Crippen LogP) is 4.86. The van der Waals surface area contributed by atoms with E-state index in [1.807, 2.05) is 0 Å². The van der Waals surface area contributed by atoms with Gasteiger partial charge in [-0.15, -0.1) is 0 Å². The molecular formula is C31H41FN2O6. The third-order valence-corrected chi connectivity index (χ3v) is 9.94. The van der Waals surface area contributed by atoms with Crippen molar-refractivity contribution in [1.82, 2.24) is 10.6 Å². The van der Waals surface area contributed by atoms with Crippen molar-refractivity contribution in [1.29, 1.82) is 0 Å². The Labute approximate surface area is 235 Å². The Hall–Kier alpha value is -3.10. The number of halogens is 1. The molecule has 0 saturated heterocycles. The number of ether oxygens (including phenoxy) is 2. The van der Waals surface area contributed by atoms with Gasteiger partial charge in [0.05, 0.1) is 30.1 Å². The van der Waals surface area contributed by atoms with Crippen LogP contribution in [0.4, 0.5) is 4.39 Å². The Balaban J connectivity index is 1.31. The van der Waals surface area contributed by atoms with Crippen molar-refractivity contribution >= 4 is 17.8 Å². The summed E-state index contributed by atoms with van der Waals surface area (Å²) in [5.41, 5.74) is -0.521. The first-order valence-corrected chi connectivity index (χ1v) is 14.6. The Morgan fingerprint density at radius 2 is 1.68 bits per heavy atom. The number of methoxy groups -OCH3 is 1. The van der Waals surface area contributed by atoms with Crippen LogP contribution in [0, 0.1) is 34.4 Å². The van der Waals surface area contributed by atoms with E-state index in [1.54, 1.807) is 6.92 Å². The first-order chi connectivity index (χ1) is 19.0. The molecule has 2 amide bonds. The molecule has 0 heterocycles. The zero-order valence-corrected chi connectivity index (χ0v) is 23.6. The van der Waals surface area contributed by atoms with Gasteiger partial charge in [0.2, 0.25) is 5.91 Å². The molecule has 3 fully saturated rings. The number of benzene rings is 1. The van der Waals surface area contributed by atoms with Crippen molar-refractivity contribution in [3.8, 4) is 11.5 Å². The van der Waals surface area contributed by atoms with Gasteiger partial charge in [-0.1, -0.05) is 25.5 Å². The van der Waals surface area contributed by atoms with Crippen LogP contribution < -0.4 is 20.1 Å². The number of nitrogens with one attached hydrogen (secondary N) is 2. The van der Waals surface area contributed by atoms with Gasteiger partial charge >= 0.3 is 5.97 Å². The molecule has 5 aliphatic rings. The standard InChI is InChI=1S/C31H41FN2O6/c1-30(11-4-12-30)17-33-28(36)25-18-5-7-19(8-6-18)26(25)34-27(35)21-15-24(22(32)16-23(21)39-3)40-20-9-13-31(2,14-10-20)29(37)38/h5,7,15-16,18-20,25-26H,4,6,8-14,17H2,1-3H3,(H,33,36)(H,34,35)(H,37,38)/t18?,19?,20?,25-,26+,31?/m0/s1. The second kappa shape index (κ2) is 11.1. The van der Waals surface area contributed by atoms with Gasteiger partial charge in [-0.2, -0.15) is 0 Å². The highest BCUT2D eigenvalue weighted by atomic mass is 19.1. The molecule has 3 saturated carbocycles. The van der Waals surface area contributed by atoms with E-state index < -0.39 is 23.1 Å². The van der Waals surface area contributed by atoms with Crippen molar-refractivity contribution in [2.75, 3.05) is 13.7 Å². The third-order valence-electron chi connectivity index (χ3n) is 9.94. The maximum absolute atomic E-state index is 15.0. The first kappa shape index (κ1) is 28.4. The third kappa shape index (κ3) is 5.56. The summed E-state index contributed by atoms with van der Waals surface area (Å²) in [6, 6.07) is 2.12. The topological polar surface area (TPSA) is 114 Å². The van der Waals surface area contributed by atoms with E-state index in [2.05, 4.69) is 29.7 Å². The number of carbonyl (C=O) groups is 3. The minimum absolute atomic E-state index is 0.0294. The van der Waals surface area contributed by atoms with Gasteiger partial charge in [-0.25, -0.2) is 4.39 Å². The summed E-state index contributed by atoms with van der Waals surface area (Å²) in [4.78, 5) is 38.6. The van der Waals surface area contributed by atoms with Crippen LogP contribution in [-0.4, -0.2) is 48.7 Å². The lowest BCUT2D eigenvalue weighted by Crippen LogP contribution is -2.57. The van der Waals surface area contributed by atoms with Crippen molar-refractivity contribution in [2.24, 2.45) is 28.6 Å². The van der Waals surface area contributed by atoms with E-state index in [-0.39, 0.29) is 58.3 Å². The highest BCUT2D eigenvalue weighted by Crippen LogP contribution is 2.43. The number of amides is 2. The summed E-state index contributed by atoms with van der Waals surface area (Å²) in [7, 11) is 1.38. The number of carboxylic acid groups (broad SMARTS) is 1. The average Bonchev–Trinajstić information content (AvgIpc) is 2.93. The Bertz CT molecular complexity index is 1190. The molecule has 3 N–H and O–H groups in total. The fraction of sp³-hybridized carbons (Fsp3) is 0.645. The number of hydrogen-bond acceptors (Lipinski definition) is 5. The number of fused-ring (bicyclic) bond motifs is 2. The van der Waals surface area contributed by atoms with Crippen LogP contribution in [0.25, 0.3) is 0 Å². The summed E-state index contributed by atoms with van der Waals surface area (Å²) in [6.07, 6.45) is 10.9. The number of aliphatic carboxylic acids is 1. The van der Waals surface area contributed by atoms with Gasteiger partial charge in [0.1, 0.15) is 5.75 Å². The van der Waals surface area contributed by atoms with E-state index in [4.69, 9.17) is 9.47 Å². The van der Waals surface area contributed by atoms with Crippen molar-refractivity contribution in [3.05, 3.63) is 35.7 Å². The van der Waals surface area contributed by atoms with Crippen molar-refractivity contribution < 1.29 is 33.4 Å². The molecular weight excluding hydrogens is 515 g/mol. The molecule has 40 heavy (non-hydrogen) atoms. The first-order valence-electron chi connectivity index (χ1n) is 14.6. The van der Waals surface area contributed by atoms with E-state index in [9.17, 15) is 23.9 Å². The van der Waals surface area contributed by atoms with Crippen molar-refractivity contribution in [2.45, 2.75) is 83.8 Å². The van der Waals surface area contributed by atoms with Crippen LogP contribution in [0.5, 0.6) is 11.5 Å². The molecule has 6 rings (SSSR count). The number of carbonyl (C=O) groups excluding carboxylic acids is 2. The van der Waals surface area contributed by atoms with Crippen LogP contribution in [0.3, 0.4) is 0 Å². The molecule has 1 aromatic carbocycles. The molecule has 8 nitrogen and oxygen atoms in total. The smallest absolute Gasteiger partial charge is 0.309 e. The van der Waals surface area contributed by atoms with E-state index in [0.717, 1.165) is 31.7 Å². The van der Waals surface area contributed by atoms with Crippen LogP contribution in [0.2, 0.25) is 0 Å². The molecule has 0 aliphatic heterocycles. The monoisotopic (exact) mass is 556 g/mol. The minimum Gasteiger partial charge on any atom is -0.496 e. The van der Waals surface area contributed by atoms with E-state index in [0.29, 0.717) is 32.2 Å². The molecule has 1 aromatic rings. The van der Waals surface area contributed by atoms with Gasteiger partial charge in [-0.3, -0.25) is 14.4 Å². The lowest BCUT2D eigenvalue weighted by atomic mass is 9.65. The van der Waals surface area contributed by atoms with E-state index in [1.165, 1.54) is 19.6 Å². The largest absolute Gasteiger partial charge is 0.496 e. The maximum Gasteiger partial charge on any atom is 0.309 e. The Kier molecular flexibility index (Phi) is 7.86. The normalized spacial score (nSPS) is 32.0. The fourth-order valence-electron chi connectivity index (χ4n) is 6.86. The number of rotatable bonds is 9. The minimum atomic E-state index is -0.837. The molecule has 5 aliphatic carbocycles. The summed E-state index contributed by atoms with van der Waals surface area (Å²) in [5, 5.41) is 15.8. The Morgan fingerprint density at radius 3 is 2.25 bits per heavy atom. The zero-order chi connectivity index (χ0) is 28.7. The molecule has 4 atom stereocenters. The Morgan fingerprint density at radius 1 is 1.00 bits per heavy atom. The molecule has 9 heteroatoms. The summed E-state index contributed by atoms with van der Waals surface area (Å²) in [5.74, 6) is -2.22. The summed E-state index contributed by atoms with van der Waals surface area (Å²) in [6.45, 7) is 4.56. The van der Waals surface area contributed by atoms with Crippen LogP contribution in [0.15, 0.2) is 24.3 Å². The van der Waals surface area contributed by atoms with Gasteiger partial charge in [-0.05, 0) is 81.6 Å². The van der Waals surface area contributed by atoms with Crippen LogP contribution in [0.1, 0.15) is 82.0 Å². The number of carboxylic acids is 1. The zero-order valence-electron chi connectivity index (χ0n) is 23.6. The van der Waals surface area contributed by atoms with Crippen molar-refractivity contribution in [3.63, 3.8) is 0 Å². The van der Waals surface area contributed by atoms with Gasteiger partial charge < -0.3 is 25.2 Å². The molecule has 0 radical (unpaired) electrons. The summed E-state index contributed by atoms with van der Waals surface area (Å²) < 4.78 is 26.3. The van der Waals surface area contributed by atoms with Crippen LogP contribution >= 0.6 is 0 Å². The maximum atomic E-state index is 15.0. The fourth-order valence-corrected chi connectivity index (χ4v) is 6.86. The predicted molar refractivity (Wildman–Crippen MR) is 147 cm³/mol. The molecule has 2 bridgehead atoms. The molecule has 0 aromatic heterocycles. The summed E-state index contributed by atoms with van der Waals surface area (Å²) >= 11 is 0. The number of allylic oxidation sites excluding steroid dienone is 1. The molecule has 0 spiro atoms. The quantitative estimate of drug-likeness (QED) is 0.374. The lowest BCUT2D eigenvalue weighted by molar-refractivity contribution is -0.150. The molecule has 218 valence electrons. The van der Waals surface area contributed by atoms with Gasteiger partial charge in [0.25, 0.3) is 5.91 Å². The SMILES string of the molecule is COc1cc(F)c(OC2CCC(C)(C(=O)O)CC2)cc1C(=O)N[C@@H]1C2C=CC(CC2)[C@@H]1C(=O)NCC1(C)CCC1. The highest BCUT2D eigenvalue weighted by Gasteiger charge is 2.46. The molecule has 2 unspecified atom stereocenters. The lowest BCUT2D eigenvalue weighted by Gasteiger charge is -2.45. The van der Waals surface area contributed by atoms with E-state index >= 15 is 0 Å². The van der Waals surface area contributed by atoms with Gasteiger partial charge in [0.15, 0.2) is 11.6 Å². The van der Waals surface area contributed by atoms with Crippen LogP contribution in [-0.2, 0) is 9.59 Å². The second-order valence-corrected chi connectivity index (χ2v) is 12.9. The second-order valence-electron chi connectivity index (χ2n) is 12.9.